The van der Waals surface area contributed by atoms with Crippen molar-refractivity contribution in [1.82, 2.24) is 0 Å². The lowest BCUT2D eigenvalue weighted by Crippen LogP contribution is -2.67. The Kier molecular flexibility index (Phi) is 3.70. The lowest BCUT2D eigenvalue weighted by Gasteiger charge is -2.46. The molecule has 1 unspecified atom stereocenters. The summed E-state index contributed by atoms with van der Waals surface area (Å²) in [5.74, 6) is 0. The van der Waals surface area contributed by atoms with E-state index in [0.717, 1.165) is 0 Å². The molecule has 4 N–H and O–H groups in total. The summed E-state index contributed by atoms with van der Waals surface area (Å²) in [5.41, 5.74) is -1.78. The first-order chi connectivity index (χ1) is 6.82. The molecule has 0 aliphatic carbocycles. The zero-order valence-corrected chi connectivity index (χ0v) is 8.99. The summed E-state index contributed by atoms with van der Waals surface area (Å²) in [6.07, 6.45) is -5.78. The number of ether oxygens (including phenoxy) is 2. The van der Waals surface area contributed by atoms with Gasteiger partial charge in [0.15, 0.2) is 6.29 Å². The van der Waals surface area contributed by atoms with Crippen molar-refractivity contribution in [3.05, 3.63) is 0 Å². The van der Waals surface area contributed by atoms with E-state index in [1.54, 1.807) is 0 Å². The second kappa shape index (κ2) is 4.32. The Hall–Kier alpha value is -0.240. The predicted octanol–water partition coefficient (Wildman–Crippen LogP) is -1.79. The van der Waals surface area contributed by atoms with Crippen LogP contribution in [0.15, 0.2) is 0 Å². The summed E-state index contributed by atoms with van der Waals surface area (Å²) >= 11 is 0. The smallest absolute Gasteiger partial charge is 0.186 e. The van der Waals surface area contributed by atoms with E-state index in [0.29, 0.717) is 0 Å². The fourth-order valence-electron chi connectivity index (χ4n) is 1.65. The number of aliphatic hydroxyl groups is 4. The van der Waals surface area contributed by atoms with Gasteiger partial charge in [-0.15, -0.1) is 0 Å². The lowest BCUT2D eigenvalue weighted by molar-refractivity contribution is -0.329. The van der Waals surface area contributed by atoms with Gasteiger partial charge < -0.3 is 29.9 Å². The molecule has 0 saturated carbocycles. The highest BCUT2D eigenvalue weighted by Gasteiger charge is 2.53. The van der Waals surface area contributed by atoms with Crippen LogP contribution in [0.4, 0.5) is 0 Å². The molecule has 1 heterocycles. The van der Waals surface area contributed by atoms with Gasteiger partial charge in [-0.3, -0.25) is 0 Å². The van der Waals surface area contributed by atoms with Gasteiger partial charge in [0.1, 0.15) is 23.9 Å². The SMILES string of the molecule is CO[C@@H]1O[C@H](C(C)O)[C@@H](O)[C@](C)(O)[C@H]1O. The fourth-order valence-corrected chi connectivity index (χ4v) is 1.65. The molecule has 0 aromatic carbocycles. The predicted molar refractivity (Wildman–Crippen MR) is 50.0 cm³/mol. The Bertz CT molecular complexity index is 217. The first-order valence-electron chi connectivity index (χ1n) is 4.77. The van der Waals surface area contributed by atoms with Gasteiger partial charge >= 0.3 is 0 Å². The quantitative estimate of drug-likeness (QED) is 0.440. The van der Waals surface area contributed by atoms with Crippen LogP contribution in [-0.2, 0) is 9.47 Å². The molecule has 6 heteroatoms. The van der Waals surface area contributed by atoms with Gasteiger partial charge in [-0.1, -0.05) is 0 Å². The molecule has 0 amide bonds. The molecule has 90 valence electrons. The first kappa shape index (κ1) is 12.8. The zero-order valence-electron chi connectivity index (χ0n) is 8.99. The van der Waals surface area contributed by atoms with Gasteiger partial charge in [0.2, 0.25) is 0 Å². The molecule has 0 bridgehead atoms. The summed E-state index contributed by atoms with van der Waals surface area (Å²) in [6.45, 7) is 2.70. The number of hydrogen-bond donors (Lipinski definition) is 4. The van der Waals surface area contributed by atoms with E-state index in [1.165, 1.54) is 21.0 Å². The topological polar surface area (TPSA) is 99.4 Å². The van der Waals surface area contributed by atoms with Crippen molar-refractivity contribution < 1.29 is 29.9 Å². The highest BCUT2D eigenvalue weighted by atomic mass is 16.7. The molecule has 6 atom stereocenters. The van der Waals surface area contributed by atoms with Crippen molar-refractivity contribution in [3.8, 4) is 0 Å². The summed E-state index contributed by atoms with van der Waals surface area (Å²) in [4.78, 5) is 0. The number of aliphatic hydroxyl groups excluding tert-OH is 3. The van der Waals surface area contributed by atoms with E-state index in [2.05, 4.69) is 0 Å². The van der Waals surface area contributed by atoms with Crippen LogP contribution in [-0.4, -0.2) is 63.8 Å². The van der Waals surface area contributed by atoms with Crippen molar-refractivity contribution in [3.63, 3.8) is 0 Å². The van der Waals surface area contributed by atoms with Crippen LogP contribution in [0.1, 0.15) is 13.8 Å². The van der Waals surface area contributed by atoms with Gasteiger partial charge in [-0.05, 0) is 13.8 Å². The van der Waals surface area contributed by atoms with Gasteiger partial charge in [-0.2, -0.15) is 0 Å². The van der Waals surface area contributed by atoms with Crippen LogP contribution in [0.3, 0.4) is 0 Å². The summed E-state index contributed by atoms with van der Waals surface area (Å²) in [5, 5.41) is 38.5. The fraction of sp³-hybridized carbons (Fsp3) is 1.00. The summed E-state index contributed by atoms with van der Waals surface area (Å²) in [7, 11) is 1.31. The maximum atomic E-state index is 9.86. The molecule has 15 heavy (non-hydrogen) atoms. The number of methoxy groups -OCH3 is 1. The molecule has 1 saturated heterocycles. The van der Waals surface area contributed by atoms with E-state index in [-0.39, 0.29) is 0 Å². The van der Waals surface area contributed by atoms with E-state index >= 15 is 0 Å². The number of rotatable bonds is 2. The third-order valence-corrected chi connectivity index (χ3v) is 2.77. The molecular weight excluding hydrogens is 204 g/mol. The molecular formula is C9H18O6. The van der Waals surface area contributed by atoms with Crippen LogP contribution in [0, 0.1) is 0 Å². The Morgan fingerprint density at radius 3 is 2.27 bits per heavy atom. The van der Waals surface area contributed by atoms with Crippen LogP contribution in [0.25, 0.3) is 0 Å². The molecule has 0 aromatic heterocycles. The monoisotopic (exact) mass is 222 g/mol. The Labute approximate surface area is 88.1 Å². The van der Waals surface area contributed by atoms with Gasteiger partial charge in [0, 0.05) is 7.11 Å². The van der Waals surface area contributed by atoms with Crippen molar-refractivity contribution in [2.45, 2.75) is 50.2 Å². The van der Waals surface area contributed by atoms with Crippen molar-refractivity contribution in [2.24, 2.45) is 0 Å². The molecule has 6 nitrogen and oxygen atoms in total. The van der Waals surface area contributed by atoms with E-state index in [9.17, 15) is 20.4 Å². The minimum absolute atomic E-state index is 0.975. The third-order valence-electron chi connectivity index (χ3n) is 2.77. The van der Waals surface area contributed by atoms with Crippen molar-refractivity contribution in [2.75, 3.05) is 7.11 Å². The van der Waals surface area contributed by atoms with Gasteiger partial charge in [0.25, 0.3) is 0 Å². The summed E-state index contributed by atoms with van der Waals surface area (Å²) in [6, 6.07) is 0. The lowest BCUT2D eigenvalue weighted by atomic mass is 9.84. The molecule has 1 aliphatic heterocycles. The minimum atomic E-state index is -1.78. The Balaban J connectivity index is 2.90. The molecule has 0 radical (unpaired) electrons. The maximum Gasteiger partial charge on any atom is 0.186 e. The van der Waals surface area contributed by atoms with Crippen molar-refractivity contribution in [1.29, 1.82) is 0 Å². The number of hydrogen-bond acceptors (Lipinski definition) is 6. The van der Waals surface area contributed by atoms with E-state index in [4.69, 9.17) is 9.47 Å². The van der Waals surface area contributed by atoms with Crippen LogP contribution in [0.2, 0.25) is 0 Å². The Morgan fingerprint density at radius 2 is 1.87 bits per heavy atom. The van der Waals surface area contributed by atoms with Crippen LogP contribution < -0.4 is 0 Å². The molecule has 1 rings (SSSR count). The molecule has 0 spiro atoms. The van der Waals surface area contributed by atoms with Crippen molar-refractivity contribution >= 4 is 0 Å². The second-order valence-electron chi connectivity index (χ2n) is 4.06. The highest BCUT2D eigenvalue weighted by Crippen LogP contribution is 2.31. The third kappa shape index (κ3) is 2.15. The largest absolute Gasteiger partial charge is 0.391 e. The molecule has 0 aromatic rings. The highest BCUT2D eigenvalue weighted by molar-refractivity contribution is 5.00. The Morgan fingerprint density at radius 1 is 1.33 bits per heavy atom. The zero-order chi connectivity index (χ0) is 11.8. The van der Waals surface area contributed by atoms with Gasteiger partial charge in [0.05, 0.1) is 6.10 Å². The van der Waals surface area contributed by atoms with E-state index in [1.807, 2.05) is 0 Å². The van der Waals surface area contributed by atoms with E-state index < -0.39 is 36.3 Å². The minimum Gasteiger partial charge on any atom is -0.391 e. The average Bonchev–Trinajstić information content (AvgIpc) is 2.15. The van der Waals surface area contributed by atoms with Crippen LogP contribution >= 0.6 is 0 Å². The standard InChI is InChI=1S/C9H18O6/c1-4(10)5-6(11)9(2,13)7(12)8(14-3)15-5/h4-8,10-13H,1-3H3/t4?,5-,6-,7+,8-,9+/m1/s1. The molecule has 1 fully saturated rings. The normalized spacial score (nSPS) is 49.0. The second-order valence-corrected chi connectivity index (χ2v) is 4.06. The summed E-state index contributed by atoms with van der Waals surface area (Å²) < 4.78 is 9.94. The van der Waals surface area contributed by atoms with Gasteiger partial charge in [-0.25, -0.2) is 0 Å². The average molecular weight is 222 g/mol. The maximum absolute atomic E-state index is 9.86. The first-order valence-corrected chi connectivity index (χ1v) is 4.77. The van der Waals surface area contributed by atoms with Crippen LogP contribution in [0.5, 0.6) is 0 Å². The molecule has 1 aliphatic rings.